The van der Waals surface area contributed by atoms with Crippen LogP contribution in [0.25, 0.3) is 0 Å². The Morgan fingerprint density at radius 1 is 1.24 bits per heavy atom. The molecule has 0 saturated carbocycles. The summed E-state index contributed by atoms with van der Waals surface area (Å²) < 4.78 is 0.766. The first-order valence-electron chi connectivity index (χ1n) is 7.16. The fourth-order valence-corrected chi connectivity index (χ4v) is 2.44. The van der Waals surface area contributed by atoms with Crippen molar-refractivity contribution in [3.8, 4) is 0 Å². The fourth-order valence-electron chi connectivity index (χ4n) is 2.30. The van der Waals surface area contributed by atoms with E-state index in [4.69, 9.17) is 0 Å². The molecule has 1 aromatic carbocycles. The van der Waals surface area contributed by atoms with Crippen molar-refractivity contribution in [3.05, 3.63) is 46.5 Å². The predicted molar refractivity (Wildman–Crippen MR) is 89.6 cm³/mol. The van der Waals surface area contributed by atoms with Gasteiger partial charge in [0.2, 0.25) is 0 Å². The lowest BCUT2D eigenvalue weighted by Crippen LogP contribution is -2.43. The van der Waals surface area contributed by atoms with Gasteiger partial charge in [0.15, 0.2) is 0 Å². The van der Waals surface area contributed by atoms with Gasteiger partial charge in [0.05, 0.1) is 0 Å². The van der Waals surface area contributed by atoms with Crippen molar-refractivity contribution in [2.24, 2.45) is 0 Å². The van der Waals surface area contributed by atoms with Crippen LogP contribution in [0.15, 0.2) is 35.3 Å². The van der Waals surface area contributed by atoms with Crippen LogP contribution in [0.5, 0.6) is 0 Å². The smallest absolute Gasteiger partial charge is 0.251 e. The normalized spacial score (nSPS) is 16.7. The van der Waals surface area contributed by atoms with Gasteiger partial charge in [-0.2, -0.15) is 0 Å². The van der Waals surface area contributed by atoms with Crippen molar-refractivity contribution >= 4 is 21.8 Å². The summed E-state index contributed by atoms with van der Waals surface area (Å²) in [6.07, 6.45) is 0. The number of benzene rings is 1. The molecule has 0 spiro atoms. The van der Waals surface area contributed by atoms with Crippen molar-refractivity contribution in [3.63, 3.8) is 0 Å². The Hall–Kier alpha value is -1.17. The van der Waals surface area contributed by atoms with Gasteiger partial charge in [-0.05, 0) is 24.7 Å². The van der Waals surface area contributed by atoms with Crippen molar-refractivity contribution in [2.75, 3.05) is 39.8 Å². The lowest BCUT2D eigenvalue weighted by Gasteiger charge is -2.32. The van der Waals surface area contributed by atoms with Gasteiger partial charge in [0, 0.05) is 49.3 Å². The highest BCUT2D eigenvalue weighted by Gasteiger charge is 2.14. The van der Waals surface area contributed by atoms with Crippen LogP contribution < -0.4 is 5.32 Å². The molecule has 0 aromatic heterocycles. The average Bonchev–Trinajstić information content (AvgIpc) is 2.48. The Morgan fingerprint density at radius 3 is 2.43 bits per heavy atom. The van der Waals surface area contributed by atoms with E-state index in [1.807, 2.05) is 24.3 Å². The molecule has 1 saturated heterocycles. The highest BCUT2D eigenvalue weighted by atomic mass is 79.9. The van der Waals surface area contributed by atoms with Gasteiger partial charge < -0.3 is 10.2 Å². The molecule has 0 atom stereocenters. The lowest BCUT2D eigenvalue weighted by molar-refractivity contribution is 0.0957. The molecule has 1 N–H and O–H groups in total. The van der Waals surface area contributed by atoms with Crippen LogP contribution in [0.1, 0.15) is 15.9 Å². The third-order valence-corrected chi connectivity index (χ3v) is 3.94. The second-order valence-electron chi connectivity index (χ2n) is 5.48. The maximum Gasteiger partial charge on any atom is 0.251 e. The first kappa shape index (κ1) is 16.2. The molecule has 0 bridgehead atoms. The molecule has 114 valence electrons. The molecule has 0 radical (unpaired) electrons. The second-order valence-corrected chi connectivity index (χ2v) is 6.60. The summed E-state index contributed by atoms with van der Waals surface area (Å²) >= 11 is 3.23. The highest BCUT2D eigenvalue weighted by Crippen LogP contribution is 2.10. The number of likely N-dealkylation sites (N-methyl/N-ethyl adjacent to an activating group) is 1. The molecule has 1 fully saturated rings. The van der Waals surface area contributed by atoms with E-state index in [-0.39, 0.29) is 5.91 Å². The van der Waals surface area contributed by atoms with Crippen LogP contribution in [-0.2, 0) is 6.54 Å². The molecular weight excluding hydrogens is 330 g/mol. The van der Waals surface area contributed by atoms with Crippen LogP contribution in [0.2, 0.25) is 0 Å². The Balaban J connectivity index is 1.86. The second kappa shape index (κ2) is 7.73. The first-order valence-corrected chi connectivity index (χ1v) is 7.95. The number of piperazine rings is 1. The minimum atomic E-state index is -0.0678. The van der Waals surface area contributed by atoms with E-state index in [1.54, 1.807) is 0 Å². The van der Waals surface area contributed by atoms with Gasteiger partial charge in [-0.3, -0.25) is 9.69 Å². The number of rotatable bonds is 5. The van der Waals surface area contributed by atoms with Crippen molar-refractivity contribution in [1.82, 2.24) is 15.1 Å². The van der Waals surface area contributed by atoms with Gasteiger partial charge in [0.1, 0.15) is 0 Å². The number of nitrogens with zero attached hydrogens (tertiary/aromatic N) is 2. The van der Waals surface area contributed by atoms with Crippen LogP contribution in [0, 0.1) is 0 Å². The van der Waals surface area contributed by atoms with Crippen LogP contribution in [0.4, 0.5) is 0 Å². The minimum Gasteiger partial charge on any atom is -0.347 e. The van der Waals surface area contributed by atoms with E-state index in [1.165, 1.54) is 5.56 Å². The summed E-state index contributed by atoms with van der Waals surface area (Å²) in [4.78, 5) is 16.7. The van der Waals surface area contributed by atoms with E-state index in [0.717, 1.165) is 37.2 Å². The van der Waals surface area contributed by atoms with Gasteiger partial charge in [-0.1, -0.05) is 34.6 Å². The molecule has 1 aliphatic rings. The molecule has 21 heavy (non-hydrogen) atoms. The highest BCUT2D eigenvalue weighted by molar-refractivity contribution is 9.11. The zero-order chi connectivity index (χ0) is 15.2. The topological polar surface area (TPSA) is 35.6 Å². The molecule has 5 heteroatoms. The van der Waals surface area contributed by atoms with Crippen LogP contribution in [0.3, 0.4) is 0 Å². The predicted octanol–water partition coefficient (Wildman–Crippen LogP) is 2.07. The monoisotopic (exact) mass is 351 g/mol. The summed E-state index contributed by atoms with van der Waals surface area (Å²) in [6, 6.07) is 7.85. The summed E-state index contributed by atoms with van der Waals surface area (Å²) in [5.74, 6) is -0.0678. The molecule has 1 heterocycles. The van der Waals surface area contributed by atoms with Gasteiger partial charge in [-0.15, -0.1) is 0 Å². The van der Waals surface area contributed by atoms with E-state index >= 15 is 0 Å². The summed E-state index contributed by atoms with van der Waals surface area (Å²) in [5, 5.41) is 2.80. The summed E-state index contributed by atoms with van der Waals surface area (Å²) in [5.41, 5.74) is 1.94. The largest absolute Gasteiger partial charge is 0.347 e. The molecule has 4 nitrogen and oxygen atoms in total. The molecule has 0 aliphatic carbocycles. The summed E-state index contributed by atoms with van der Waals surface area (Å²) in [6.45, 7) is 9.55. The number of carbonyl (C=O) groups excluding carboxylic acids is 1. The van der Waals surface area contributed by atoms with Crippen molar-refractivity contribution in [1.29, 1.82) is 0 Å². The van der Waals surface area contributed by atoms with E-state index in [9.17, 15) is 4.79 Å². The summed E-state index contributed by atoms with van der Waals surface area (Å²) in [7, 11) is 2.16. The zero-order valence-electron chi connectivity index (χ0n) is 12.4. The van der Waals surface area contributed by atoms with Crippen LogP contribution in [-0.4, -0.2) is 55.5 Å². The van der Waals surface area contributed by atoms with Crippen molar-refractivity contribution in [2.45, 2.75) is 6.54 Å². The fraction of sp³-hybridized carbons (Fsp3) is 0.438. The Kier molecular flexibility index (Phi) is 5.96. The van der Waals surface area contributed by atoms with E-state index in [0.29, 0.717) is 12.1 Å². The molecule has 2 rings (SSSR count). The third-order valence-electron chi connectivity index (χ3n) is 3.66. The average molecular weight is 352 g/mol. The minimum absolute atomic E-state index is 0.0678. The maximum absolute atomic E-state index is 11.9. The molecule has 1 amide bonds. The number of hydrogen-bond acceptors (Lipinski definition) is 3. The third kappa shape index (κ3) is 5.26. The van der Waals surface area contributed by atoms with E-state index in [2.05, 4.69) is 44.7 Å². The van der Waals surface area contributed by atoms with Crippen LogP contribution >= 0.6 is 15.9 Å². The standard InChI is InChI=1S/C16H22BrN3O/c1-13(17)11-18-16(21)15-5-3-14(4-6-15)12-20-9-7-19(2)8-10-20/h3-6H,1,7-12H2,2H3,(H,18,21). The van der Waals surface area contributed by atoms with E-state index < -0.39 is 0 Å². The Bertz CT molecular complexity index is 493. The number of halogens is 1. The van der Waals surface area contributed by atoms with Crippen molar-refractivity contribution < 1.29 is 4.79 Å². The number of carbonyl (C=O) groups is 1. The first-order chi connectivity index (χ1) is 10.0. The van der Waals surface area contributed by atoms with Gasteiger partial charge >= 0.3 is 0 Å². The lowest BCUT2D eigenvalue weighted by atomic mass is 10.1. The molecule has 1 aliphatic heterocycles. The maximum atomic E-state index is 11.9. The van der Waals surface area contributed by atoms with Gasteiger partial charge in [-0.25, -0.2) is 0 Å². The quantitative estimate of drug-likeness (QED) is 0.881. The molecule has 0 unspecified atom stereocenters. The number of hydrogen-bond donors (Lipinski definition) is 1. The molecular formula is C16H22BrN3O. The Morgan fingerprint density at radius 2 is 1.86 bits per heavy atom. The zero-order valence-corrected chi connectivity index (χ0v) is 14.0. The number of nitrogens with one attached hydrogen (secondary N) is 1. The Labute approximate surface area is 134 Å². The molecule has 1 aromatic rings. The van der Waals surface area contributed by atoms with Gasteiger partial charge in [0.25, 0.3) is 5.91 Å². The SMILES string of the molecule is C=C(Br)CNC(=O)c1ccc(CN2CCN(C)CC2)cc1. The number of amides is 1.